The lowest BCUT2D eigenvalue weighted by Gasteiger charge is -2.30. The van der Waals surface area contributed by atoms with Crippen molar-refractivity contribution < 1.29 is 4.52 Å². The molecule has 0 aliphatic heterocycles. The first kappa shape index (κ1) is 13.2. The van der Waals surface area contributed by atoms with Crippen LogP contribution in [0.5, 0.6) is 0 Å². The van der Waals surface area contributed by atoms with Crippen LogP contribution in [0.15, 0.2) is 29.0 Å². The highest BCUT2D eigenvalue weighted by Crippen LogP contribution is 2.27. The van der Waals surface area contributed by atoms with E-state index in [4.69, 9.17) is 4.52 Å². The van der Waals surface area contributed by atoms with Gasteiger partial charge in [-0.2, -0.15) is 4.98 Å². The van der Waals surface area contributed by atoms with E-state index in [-0.39, 0.29) is 0 Å². The maximum absolute atomic E-state index is 5.41. The molecular formula is C15H20N4O. The third kappa shape index (κ3) is 2.88. The average Bonchev–Trinajstić information content (AvgIpc) is 2.97. The molecule has 0 bridgehead atoms. The monoisotopic (exact) mass is 272 g/mol. The van der Waals surface area contributed by atoms with E-state index in [1.165, 1.54) is 25.7 Å². The summed E-state index contributed by atoms with van der Waals surface area (Å²) in [6.45, 7) is 0. The standard InChI is InChI=1S/C15H20N4O/c1-16-13-5-3-2-4-12(13)10-14-18-15(19-20-14)11-6-8-17-9-7-11/h6-9,12-13,16H,2-5,10H2,1H3. The molecule has 106 valence electrons. The Labute approximate surface area is 118 Å². The van der Waals surface area contributed by atoms with Crippen LogP contribution in [0.1, 0.15) is 31.6 Å². The molecule has 5 heteroatoms. The Kier molecular flexibility index (Phi) is 4.06. The van der Waals surface area contributed by atoms with Gasteiger partial charge in [-0.1, -0.05) is 18.0 Å². The molecule has 2 atom stereocenters. The number of hydrogen-bond acceptors (Lipinski definition) is 5. The summed E-state index contributed by atoms with van der Waals surface area (Å²) in [5.41, 5.74) is 0.948. The Morgan fingerprint density at radius 2 is 2.05 bits per heavy atom. The summed E-state index contributed by atoms with van der Waals surface area (Å²) in [7, 11) is 2.04. The molecule has 1 N–H and O–H groups in total. The van der Waals surface area contributed by atoms with Crippen LogP contribution in [0, 0.1) is 5.92 Å². The summed E-state index contributed by atoms with van der Waals surface area (Å²) < 4.78 is 5.41. The van der Waals surface area contributed by atoms with Crippen LogP contribution < -0.4 is 5.32 Å². The van der Waals surface area contributed by atoms with Gasteiger partial charge in [0.2, 0.25) is 11.7 Å². The number of aromatic nitrogens is 3. The molecular weight excluding hydrogens is 252 g/mol. The summed E-state index contributed by atoms with van der Waals surface area (Å²) in [6, 6.07) is 4.36. The van der Waals surface area contributed by atoms with Crippen molar-refractivity contribution >= 4 is 0 Å². The fourth-order valence-corrected chi connectivity index (χ4v) is 3.01. The van der Waals surface area contributed by atoms with Crippen molar-refractivity contribution in [2.75, 3.05) is 7.05 Å². The lowest BCUT2D eigenvalue weighted by atomic mass is 9.82. The van der Waals surface area contributed by atoms with Gasteiger partial charge in [0.15, 0.2) is 0 Å². The molecule has 1 saturated carbocycles. The van der Waals surface area contributed by atoms with Gasteiger partial charge in [-0.25, -0.2) is 0 Å². The predicted octanol–water partition coefficient (Wildman–Crippen LogP) is 2.45. The van der Waals surface area contributed by atoms with Gasteiger partial charge in [0.1, 0.15) is 0 Å². The van der Waals surface area contributed by atoms with Crippen LogP contribution in [0.3, 0.4) is 0 Å². The molecule has 2 unspecified atom stereocenters. The predicted molar refractivity (Wildman–Crippen MR) is 76.0 cm³/mol. The van der Waals surface area contributed by atoms with Gasteiger partial charge in [0, 0.05) is 30.4 Å². The van der Waals surface area contributed by atoms with Crippen molar-refractivity contribution in [2.24, 2.45) is 5.92 Å². The summed E-state index contributed by atoms with van der Waals surface area (Å²) in [6.07, 6.45) is 9.43. The van der Waals surface area contributed by atoms with E-state index in [2.05, 4.69) is 20.4 Å². The second kappa shape index (κ2) is 6.13. The third-order valence-corrected chi connectivity index (χ3v) is 4.12. The van der Waals surface area contributed by atoms with Crippen molar-refractivity contribution in [3.63, 3.8) is 0 Å². The number of nitrogens with zero attached hydrogens (tertiary/aromatic N) is 3. The molecule has 0 radical (unpaired) electrons. The van der Waals surface area contributed by atoms with Gasteiger partial charge < -0.3 is 9.84 Å². The zero-order valence-corrected chi connectivity index (χ0v) is 11.7. The Balaban J connectivity index is 1.71. The molecule has 2 heterocycles. The largest absolute Gasteiger partial charge is 0.339 e. The van der Waals surface area contributed by atoms with Crippen molar-refractivity contribution in [3.05, 3.63) is 30.4 Å². The minimum absolute atomic E-state index is 0.569. The van der Waals surface area contributed by atoms with Crippen LogP contribution >= 0.6 is 0 Å². The molecule has 1 fully saturated rings. The van der Waals surface area contributed by atoms with E-state index in [9.17, 15) is 0 Å². The first-order valence-corrected chi connectivity index (χ1v) is 7.27. The number of pyridine rings is 1. The summed E-state index contributed by atoms with van der Waals surface area (Å²) in [5, 5.41) is 7.48. The molecule has 3 rings (SSSR count). The molecule has 0 spiro atoms. The van der Waals surface area contributed by atoms with Gasteiger partial charge in [-0.15, -0.1) is 0 Å². The van der Waals surface area contributed by atoms with Crippen molar-refractivity contribution in [2.45, 2.75) is 38.1 Å². The fourth-order valence-electron chi connectivity index (χ4n) is 3.01. The Hall–Kier alpha value is -1.75. The summed E-state index contributed by atoms with van der Waals surface area (Å²) >= 11 is 0. The lowest BCUT2D eigenvalue weighted by Crippen LogP contribution is -2.37. The normalized spacial score (nSPS) is 22.9. The molecule has 20 heavy (non-hydrogen) atoms. The van der Waals surface area contributed by atoms with Crippen LogP contribution in [0.2, 0.25) is 0 Å². The van der Waals surface area contributed by atoms with Crippen LogP contribution in [-0.2, 0) is 6.42 Å². The van der Waals surface area contributed by atoms with Crippen LogP contribution in [0.4, 0.5) is 0 Å². The molecule has 2 aromatic rings. The maximum atomic E-state index is 5.41. The molecule has 0 amide bonds. The second-order valence-electron chi connectivity index (χ2n) is 5.39. The van der Waals surface area contributed by atoms with Gasteiger partial charge in [0.25, 0.3) is 0 Å². The minimum Gasteiger partial charge on any atom is -0.339 e. The van der Waals surface area contributed by atoms with Crippen molar-refractivity contribution in [3.8, 4) is 11.4 Å². The van der Waals surface area contributed by atoms with E-state index < -0.39 is 0 Å². The average molecular weight is 272 g/mol. The first-order chi connectivity index (χ1) is 9.86. The second-order valence-corrected chi connectivity index (χ2v) is 5.39. The van der Waals surface area contributed by atoms with Gasteiger partial charge in [-0.3, -0.25) is 4.98 Å². The molecule has 0 aromatic carbocycles. The van der Waals surface area contributed by atoms with Gasteiger partial charge >= 0.3 is 0 Å². The topological polar surface area (TPSA) is 63.8 Å². The molecule has 5 nitrogen and oxygen atoms in total. The summed E-state index contributed by atoms with van der Waals surface area (Å²) in [5.74, 6) is 1.99. The van der Waals surface area contributed by atoms with E-state index in [0.29, 0.717) is 17.8 Å². The van der Waals surface area contributed by atoms with Crippen LogP contribution in [-0.4, -0.2) is 28.2 Å². The highest BCUT2D eigenvalue weighted by Gasteiger charge is 2.25. The molecule has 1 aliphatic carbocycles. The highest BCUT2D eigenvalue weighted by atomic mass is 16.5. The van der Waals surface area contributed by atoms with Crippen molar-refractivity contribution in [1.82, 2.24) is 20.4 Å². The van der Waals surface area contributed by atoms with Gasteiger partial charge in [0.05, 0.1) is 0 Å². The van der Waals surface area contributed by atoms with E-state index >= 15 is 0 Å². The number of nitrogens with one attached hydrogen (secondary N) is 1. The first-order valence-electron chi connectivity index (χ1n) is 7.27. The summed E-state index contributed by atoms with van der Waals surface area (Å²) in [4.78, 5) is 8.51. The van der Waals surface area contributed by atoms with E-state index in [1.54, 1.807) is 12.4 Å². The lowest BCUT2D eigenvalue weighted by molar-refractivity contribution is 0.248. The van der Waals surface area contributed by atoms with Crippen molar-refractivity contribution in [1.29, 1.82) is 0 Å². The smallest absolute Gasteiger partial charge is 0.227 e. The Bertz CT molecular complexity index is 540. The number of hydrogen-bond donors (Lipinski definition) is 1. The third-order valence-electron chi connectivity index (χ3n) is 4.12. The maximum Gasteiger partial charge on any atom is 0.227 e. The van der Waals surface area contributed by atoms with E-state index in [0.717, 1.165) is 17.9 Å². The number of rotatable bonds is 4. The zero-order valence-electron chi connectivity index (χ0n) is 11.7. The van der Waals surface area contributed by atoms with Gasteiger partial charge in [-0.05, 0) is 37.9 Å². The Morgan fingerprint density at radius 1 is 1.25 bits per heavy atom. The quantitative estimate of drug-likeness (QED) is 0.926. The Morgan fingerprint density at radius 3 is 2.85 bits per heavy atom. The fraction of sp³-hybridized carbons (Fsp3) is 0.533. The SMILES string of the molecule is CNC1CCCCC1Cc1nc(-c2ccncc2)no1. The van der Waals surface area contributed by atoms with E-state index in [1.807, 2.05) is 19.2 Å². The zero-order chi connectivity index (χ0) is 13.8. The molecule has 1 aliphatic rings. The minimum atomic E-state index is 0.569. The molecule has 0 saturated heterocycles. The molecule has 2 aromatic heterocycles. The highest BCUT2D eigenvalue weighted by molar-refractivity contribution is 5.52. The van der Waals surface area contributed by atoms with Crippen LogP contribution in [0.25, 0.3) is 11.4 Å².